The summed E-state index contributed by atoms with van der Waals surface area (Å²) in [5.74, 6) is -0.184. The summed E-state index contributed by atoms with van der Waals surface area (Å²) < 4.78 is 24.2. The van der Waals surface area contributed by atoms with Crippen molar-refractivity contribution < 1.29 is 18.7 Å². The molecule has 0 aliphatic rings. The molecule has 1 atom stereocenters. The molecule has 1 unspecified atom stereocenters. The molecule has 1 rings (SSSR count). The summed E-state index contributed by atoms with van der Waals surface area (Å²) in [7, 11) is 1.64. The second-order valence-corrected chi connectivity index (χ2v) is 6.77. The molecule has 0 radical (unpaired) electrons. The monoisotopic (exact) mass is 326 g/mol. The Balaban J connectivity index is 2.84. The summed E-state index contributed by atoms with van der Waals surface area (Å²) in [6, 6.07) is 4.56. The molecule has 0 bridgehead atoms. The third-order valence-electron chi connectivity index (χ3n) is 3.11. The second-order valence-electron chi connectivity index (χ2n) is 6.77. The van der Waals surface area contributed by atoms with Crippen LogP contribution in [0.15, 0.2) is 18.2 Å². The summed E-state index contributed by atoms with van der Waals surface area (Å²) >= 11 is 0. The van der Waals surface area contributed by atoms with Crippen molar-refractivity contribution in [1.29, 1.82) is 0 Å². The maximum Gasteiger partial charge on any atom is 0.412 e. The van der Waals surface area contributed by atoms with Gasteiger partial charge < -0.3 is 14.8 Å². The number of hydrogen-bond acceptors (Lipinski definition) is 4. The van der Waals surface area contributed by atoms with Crippen molar-refractivity contribution in [2.75, 3.05) is 24.4 Å². The van der Waals surface area contributed by atoms with E-state index < -0.39 is 17.5 Å². The first-order valence-corrected chi connectivity index (χ1v) is 7.67. The molecule has 23 heavy (non-hydrogen) atoms. The van der Waals surface area contributed by atoms with Gasteiger partial charge in [-0.25, -0.2) is 9.18 Å². The van der Waals surface area contributed by atoms with Crippen LogP contribution in [-0.4, -0.2) is 31.5 Å². The lowest BCUT2D eigenvalue weighted by Crippen LogP contribution is -2.30. The Labute approximate surface area is 137 Å². The Bertz CT molecular complexity index is 527. The fraction of sp³-hybridized carbons (Fsp3) is 0.588. The van der Waals surface area contributed by atoms with Crippen molar-refractivity contribution in [2.45, 2.75) is 46.3 Å². The van der Waals surface area contributed by atoms with Crippen molar-refractivity contribution >= 4 is 17.5 Å². The van der Waals surface area contributed by atoms with Gasteiger partial charge in [0.15, 0.2) is 0 Å². The largest absolute Gasteiger partial charge is 0.444 e. The van der Waals surface area contributed by atoms with Crippen LogP contribution in [0.5, 0.6) is 0 Å². The maximum absolute atomic E-state index is 13.9. The number of carbonyl (C=O) groups excluding carboxylic acids is 1. The molecule has 0 spiro atoms. The van der Waals surface area contributed by atoms with Gasteiger partial charge in [0.25, 0.3) is 0 Å². The molecule has 0 aliphatic carbocycles. The zero-order valence-electron chi connectivity index (χ0n) is 14.7. The summed E-state index contributed by atoms with van der Waals surface area (Å²) in [6.45, 7) is 9.92. The first kappa shape index (κ1) is 19.2. The molecule has 0 fully saturated rings. The number of hydrogen-bond donors (Lipinski definition) is 2. The molecule has 0 heterocycles. The van der Waals surface area contributed by atoms with E-state index in [-0.39, 0.29) is 11.7 Å². The highest BCUT2D eigenvalue weighted by atomic mass is 19.1. The van der Waals surface area contributed by atoms with E-state index in [2.05, 4.69) is 24.5 Å². The van der Waals surface area contributed by atoms with Gasteiger partial charge >= 0.3 is 6.09 Å². The van der Waals surface area contributed by atoms with Gasteiger partial charge in [-0.2, -0.15) is 0 Å². The Morgan fingerprint density at radius 1 is 1.30 bits per heavy atom. The Morgan fingerprint density at radius 2 is 1.96 bits per heavy atom. The van der Waals surface area contributed by atoms with Crippen molar-refractivity contribution in [1.82, 2.24) is 0 Å². The van der Waals surface area contributed by atoms with Crippen LogP contribution in [0.3, 0.4) is 0 Å². The van der Waals surface area contributed by atoms with Crippen LogP contribution in [0.1, 0.15) is 34.6 Å². The van der Waals surface area contributed by atoms with Crippen molar-refractivity contribution in [3.05, 3.63) is 24.0 Å². The molecular formula is C17H27FN2O3. The number of rotatable bonds is 6. The number of benzene rings is 1. The fourth-order valence-electron chi connectivity index (χ4n) is 1.92. The zero-order chi connectivity index (χ0) is 17.6. The van der Waals surface area contributed by atoms with Crippen LogP contribution in [0.2, 0.25) is 0 Å². The van der Waals surface area contributed by atoms with Crippen LogP contribution in [-0.2, 0) is 9.47 Å². The van der Waals surface area contributed by atoms with Crippen LogP contribution in [0.4, 0.5) is 20.6 Å². The highest BCUT2D eigenvalue weighted by Gasteiger charge is 2.18. The van der Waals surface area contributed by atoms with Crippen LogP contribution < -0.4 is 10.6 Å². The Hall–Kier alpha value is -1.82. The number of carbonyl (C=O) groups is 1. The predicted octanol–water partition coefficient (Wildman–Crippen LogP) is 4.26. The van der Waals surface area contributed by atoms with Crippen LogP contribution >= 0.6 is 0 Å². The Kier molecular flexibility index (Phi) is 6.81. The zero-order valence-corrected chi connectivity index (χ0v) is 14.7. The summed E-state index contributed by atoms with van der Waals surface area (Å²) in [6.07, 6.45) is -0.689. The van der Waals surface area contributed by atoms with Gasteiger partial charge in [-0.05, 0) is 44.9 Å². The van der Waals surface area contributed by atoms with Gasteiger partial charge in [0, 0.05) is 12.8 Å². The lowest BCUT2D eigenvalue weighted by Gasteiger charge is -2.23. The van der Waals surface area contributed by atoms with Crippen LogP contribution in [0.25, 0.3) is 0 Å². The second kappa shape index (κ2) is 8.15. The van der Waals surface area contributed by atoms with Gasteiger partial charge in [-0.3, -0.25) is 5.32 Å². The van der Waals surface area contributed by atoms with Gasteiger partial charge in [0.2, 0.25) is 0 Å². The van der Waals surface area contributed by atoms with Crippen molar-refractivity contribution in [3.63, 3.8) is 0 Å². The predicted molar refractivity (Wildman–Crippen MR) is 90.4 cm³/mol. The van der Waals surface area contributed by atoms with E-state index in [4.69, 9.17) is 9.47 Å². The lowest BCUT2D eigenvalue weighted by molar-refractivity contribution is 0.0635. The van der Waals surface area contributed by atoms with E-state index in [1.165, 1.54) is 6.07 Å². The number of amides is 1. The Morgan fingerprint density at radius 3 is 2.48 bits per heavy atom. The smallest absolute Gasteiger partial charge is 0.412 e. The summed E-state index contributed by atoms with van der Waals surface area (Å²) in [5, 5.41) is 5.72. The minimum Gasteiger partial charge on any atom is -0.444 e. The molecule has 1 amide bonds. The molecule has 0 aromatic heterocycles. The van der Waals surface area contributed by atoms with E-state index in [0.29, 0.717) is 18.2 Å². The van der Waals surface area contributed by atoms with E-state index in [0.717, 1.165) is 0 Å². The van der Waals surface area contributed by atoms with E-state index in [1.54, 1.807) is 40.0 Å². The maximum atomic E-state index is 13.9. The number of anilines is 2. The average Bonchev–Trinajstić information content (AvgIpc) is 2.39. The topological polar surface area (TPSA) is 59.6 Å². The molecule has 2 N–H and O–H groups in total. The quantitative estimate of drug-likeness (QED) is 0.820. The summed E-state index contributed by atoms with van der Waals surface area (Å²) in [5.41, 5.74) is 0.134. The molecule has 130 valence electrons. The molecule has 0 saturated heterocycles. The highest BCUT2D eigenvalue weighted by Crippen LogP contribution is 2.22. The highest BCUT2D eigenvalue weighted by molar-refractivity contribution is 5.85. The van der Waals surface area contributed by atoms with Gasteiger partial charge in [-0.15, -0.1) is 0 Å². The van der Waals surface area contributed by atoms with Crippen molar-refractivity contribution in [2.24, 2.45) is 5.92 Å². The third-order valence-corrected chi connectivity index (χ3v) is 3.11. The number of halogens is 1. The molecule has 5 nitrogen and oxygen atoms in total. The minimum absolute atomic E-state index is 0.0733. The number of ether oxygens (including phenoxy) is 2. The minimum atomic E-state index is -0.689. The molecule has 6 heteroatoms. The number of methoxy groups -OCH3 is 1. The molecule has 0 aliphatic heterocycles. The first-order chi connectivity index (χ1) is 10.6. The summed E-state index contributed by atoms with van der Waals surface area (Å²) in [4.78, 5) is 11.8. The van der Waals surface area contributed by atoms with Crippen LogP contribution in [0, 0.1) is 11.7 Å². The van der Waals surface area contributed by atoms with Gasteiger partial charge in [-0.1, -0.05) is 13.8 Å². The standard InChI is InChI=1S/C17H27FN2O3/c1-11(2)15(10-22-6)19-12-7-8-13(18)14(9-12)20-16(21)23-17(3,4)5/h7-9,11,15,19H,10H2,1-6H3,(H,20,21). The van der Waals surface area contributed by atoms with E-state index in [9.17, 15) is 9.18 Å². The molecular weight excluding hydrogens is 299 g/mol. The molecule has 1 aromatic rings. The average molecular weight is 326 g/mol. The van der Waals surface area contributed by atoms with E-state index >= 15 is 0 Å². The lowest BCUT2D eigenvalue weighted by atomic mass is 10.0. The van der Waals surface area contributed by atoms with Crippen molar-refractivity contribution in [3.8, 4) is 0 Å². The first-order valence-electron chi connectivity index (χ1n) is 7.67. The third kappa shape index (κ3) is 6.86. The van der Waals surface area contributed by atoms with Gasteiger partial charge in [0.05, 0.1) is 18.3 Å². The molecule has 1 aromatic carbocycles. The normalized spacial score (nSPS) is 12.9. The fourth-order valence-corrected chi connectivity index (χ4v) is 1.92. The number of nitrogens with one attached hydrogen (secondary N) is 2. The SMILES string of the molecule is COCC(Nc1ccc(F)c(NC(=O)OC(C)(C)C)c1)C(C)C. The van der Waals surface area contributed by atoms with Gasteiger partial charge in [0.1, 0.15) is 11.4 Å². The van der Waals surface area contributed by atoms with E-state index in [1.807, 2.05) is 0 Å². The molecule has 0 saturated carbocycles.